The van der Waals surface area contributed by atoms with Crippen molar-refractivity contribution in [1.29, 1.82) is 0 Å². The number of carbonyl (C=O) groups is 2. The minimum Gasteiger partial charge on any atom is -0.480 e. The van der Waals surface area contributed by atoms with Crippen LogP contribution in [0.4, 0.5) is 0 Å². The highest BCUT2D eigenvalue weighted by Gasteiger charge is 2.16. The molecule has 10 heteroatoms. The molecule has 0 aliphatic heterocycles. The predicted octanol–water partition coefficient (Wildman–Crippen LogP) is -1.03. The molecule has 0 aliphatic carbocycles. The lowest BCUT2D eigenvalue weighted by Gasteiger charge is -2.08. The number of H-pyrrole nitrogens is 1. The van der Waals surface area contributed by atoms with Crippen molar-refractivity contribution in [3.05, 3.63) is 24.0 Å². The second-order valence-corrected chi connectivity index (χ2v) is 3.76. The number of rotatable bonds is 5. The van der Waals surface area contributed by atoms with Crippen molar-refractivity contribution < 1.29 is 14.7 Å². The van der Waals surface area contributed by atoms with Crippen LogP contribution in [0.2, 0.25) is 0 Å². The van der Waals surface area contributed by atoms with Gasteiger partial charge >= 0.3 is 5.97 Å². The topological polar surface area (TPSA) is 139 Å². The van der Waals surface area contributed by atoms with Crippen LogP contribution in [0.25, 0.3) is 0 Å². The summed E-state index contributed by atoms with van der Waals surface area (Å²) in [6, 6.07) is -0.375. The first kappa shape index (κ1) is 12.7. The summed E-state index contributed by atoms with van der Waals surface area (Å²) in [5, 5.41) is 24.6. The summed E-state index contributed by atoms with van der Waals surface area (Å²) >= 11 is 0. The van der Waals surface area contributed by atoms with Crippen LogP contribution in [0, 0.1) is 0 Å². The summed E-state index contributed by atoms with van der Waals surface area (Å²) in [5.74, 6) is -1.03. The molecule has 2 aromatic heterocycles. The SMILES string of the molecule is CC(NC(=O)c1cn(CC(=O)O)nn1)c1ncn[nH]1. The van der Waals surface area contributed by atoms with Crippen LogP contribution in [0.15, 0.2) is 12.5 Å². The summed E-state index contributed by atoms with van der Waals surface area (Å²) in [4.78, 5) is 26.2. The van der Waals surface area contributed by atoms with Crippen molar-refractivity contribution in [3.8, 4) is 0 Å². The Balaban J connectivity index is 2.00. The predicted molar refractivity (Wildman–Crippen MR) is 59.9 cm³/mol. The molecule has 0 fully saturated rings. The molecule has 0 bridgehead atoms. The molecule has 1 unspecified atom stereocenters. The summed E-state index contributed by atoms with van der Waals surface area (Å²) in [5.41, 5.74) is 0.0348. The second kappa shape index (κ2) is 5.25. The molecule has 100 valence electrons. The zero-order valence-electron chi connectivity index (χ0n) is 9.94. The van der Waals surface area contributed by atoms with E-state index in [1.54, 1.807) is 6.92 Å². The van der Waals surface area contributed by atoms with Crippen LogP contribution in [0.3, 0.4) is 0 Å². The van der Waals surface area contributed by atoms with E-state index in [1.165, 1.54) is 12.5 Å². The van der Waals surface area contributed by atoms with Crippen LogP contribution in [-0.2, 0) is 11.3 Å². The van der Waals surface area contributed by atoms with Crippen LogP contribution >= 0.6 is 0 Å². The molecule has 3 N–H and O–H groups in total. The van der Waals surface area contributed by atoms with Gasteiger partial charge in [-0.25, -0.2) is 9.67 Å². The van der Waals surface area contributed by atoms with E-state index in [0.717, 1.165) is 4.68 Å². The molecule has 0 saturated carbocycles. The van der Waals surface area contributed by atoms with Crippen molar-refractivity contribution in [2.24, 2.45) is 0 Å². The van der Waals surface area contributed by atoms with Crippen molar-refractivity contribution in [2.75, 3.05) is 0 Å². The molecule has 0 aromatic carbocycles. The molecular formula is C9H11N7O3. The van der Waals surface area contributed by atoms with Gasteiger partial charge < -0.3 is 10.4 Å². The van der Waals surface area contributed by atoms with E-state index in [-0.39, 0.29) is 18.3 Å². The number of carboxylic acid groups (broad SMARTS) is 1. The van der Waals surface area contributed by atoms with E-state index in [2.05, 4.69) is 30.8 Å². The molecule has 2 heterocycles. The molecule has 2 aromatic rings. The Morgan fingerprint density at radius 1 is 1.58 bits per heavy atom. The van der Waals surface area contributed by atoms with E-state index < -0.39 is 11.9 Å². The van der Waals surface area contributed by atoms with Gasteiger partial charge in [-0.15, -0.1) is 5.10 Å². The highest BCUT2D eigenvalue weighted by Crippen LogP contribution is 2.05. The fourth-order valence-electron chi connectivity index (χ4n) is 1.38. The average Bonchev–Trinajstić information content (AvgIpc) is 2.97. The van der Waals surface area contributed by atoms with Gasteiger partial charge in [-0.05, 0) is 6.92 Å². The molecule has 0 spiro atoms. The van der Waals surface area contributed by atoms with Gasteiger partial charge in [0.05, 0.1) is 12.2 Å². The Labute approximate surface area is 106 Å². The third-order valence-electron chi connectivity index (χ3n) is 2.26. The molecular weight excluding hydrogens is 254 g/mol. The minimum atomic E-state index is -1.06. The number of carbonyl (C=O) groups excluding carboxylic acids is 1. The van der Waals surface area contributed by atoms with E-state index in [4.69, 9.17) is 5.11 Å². The molecule has 0 aliphatic rings. The smallest absolute Gasteiger partial charge is 0.325 e. The largest absolute Gasteiger partial charge is 0.480 e. The third kappa shape index (κ3) is 3.12. The van der Waals surface area contributed by atoms with E-state index >= 15 is 0 Å². The number of carboxylic acids is 1. The van der Waals surface area contributed by atoms with Crippen molar-refractivity contribution >= 4 is 11.9 Å². The van der Waals surface area contributed by atoms with Crippen LogP contribution in [0.5, 0.6) is 0 Å². The zero-order chi connectivity index (χ0) is 13.8. The monoisotopic (exact) mass is 265 g/mol. The first-order chi connectivity index (χ1) is 9.06. The van der Waals surface area contributed by atoms with Crippen LogP contribution in [0.1, 0.15) is 29.3 Å². The van der Waals surface area contributed by atoms with Gasteiger partial charge in [0, 0.05) is 0 Å². The molecule has 10 nitrogen and oxygen atoms in total. The molecule has 1 amide bonds. The maximum Gasteiger partial charge on any atom is 0.325 e. The summed E-state index contributed by atoms with van der Waals surface area (Å²) in [6.07, 6.45) is 2.59. The maximum atomic E-state index is 11.8. The number of amides is 1. The Bertz CT molecular complexity index is 576. The molecule has 0 radical (unpaired) electrons. The van der Waals surface area contributed by atoms with Gasteiger partial charge in [-0.3, -0.25) is 14.7 Å². The number of aliphatic carboxylic acids is 1. The third-order valence-corrected chi connectivity index (χ3v) is 2.26. The quantitative estimate of drug-likeness (QED) is 0.628. The Morgan fingerprint density at radius 2 is 2.37 bits per heavy atom. The lowest BCUT2D eigenvalue weighted by atomic mass is 10.3. The highest BCUT2D eigenvalue weighted by molar-refractivity contribution is 5.92. The van der Waals surface area contributed by atoms with Gasteiger partial charge in [0.25, 0.3) is 5.91 Å². The van der Waals surface area contributed by atoms with Crippen molar-refractivity contribution in [1.82, 2.24) is 35.5 Å². The number of aromatic nitrogens is 6. The first-order valence-electron chi connectivity index (χ1n) is 5.34. The van der Waals surface area contributed by atoms with Gasteiger partial charge in [0.1, 0.15) is 18.7 Å². The normalized spacial score (nSPS) is 12.1. The number of aromatic amines is 1. The van der Waals surface area contributed by atoms with E-state index in [9.17, 15) is 9.59 Å². The summed E-state index contributed by atoms with van der Waals surface area (Å²) in [6.45, 7) is 1.37. The molecule has 1 atom stereocenters. The molecule has 19 heavy (non-hydrogen) atoms. The number of nitrogens with zero attached hydrogens (tertiary/aromatic N) is 5. The lowest BCUT2D eigenvalue weighted by Crippen LogP contribution is -2.27. The zero-order valence-corrected chi connectivity index (χ0v) is 9.94. The van der Waals surface area contributed by atoms with Gasteiger partial charge in [0.15, 0.2) is 5.69 Å². The minimum absolute atomic E-state index is 0.0348. The lowest BCUT2D eigenvalue weighted by molar-refractivity contribution is -0.137. The average molecular weight is 265 g/mol. The fraction of sp³-hybridized carbons (Fsp3) is 0.333. The standard InChI is InChI=1S/C9H11N7O3/c1-5(8-10-4-11-14-8)12-9(19)6-2-16(15-13-6)3-7(17)18/h2,4-5H,3H2,1H3,(H,12,19)(H,17,18)(H,10,11,14). The maximum absolute atomic E-state index is 11.8. The Morgan fingerprint density at radius 3 is 3.00 bits per heavy atom. The van der Waals surface area contributed by atoms with Crippen molar-refractivity contribution in [3.63, 3.8) is 0 Å². The Kier molecular flexibility index (Phi) is 3.50. The molecule has 2 rings (SSSR count). The van der Waals surface area contributed by atoms with E-state index in [0.29, 0.717) is 5.82 Å². The number of hydrogen-bond acceptors (Lipinski definition) is 6. The fourth-order valence-corrected chi connectivity index (χ4v) is 1.38. The number of hydrogen-bond donors (Lipinski definition) is 3. The highest BCUT2D eigenvalue weighted by atomic mass is 16.4. The van der Waals surface area contributed by atoms with Crippen LogP contribution in [-0.4, -0.2) is 47.2 Å². The van der Waals surface area contributed by atoms with Crippen LogP contribution < -0.4 is 5.32 Å². The number of nitrogens with one attached hydrogen (secondary N) is 2. The van der Waals surface area contributed by atoms with Gasteiger partial charge in [-0.2, -0.15) is 5.10 Å². The Hall–Kier alpha value is -2.78. The first-order valence-corrected chi connectivity index (χ1v) is 5.34. The van der Waals surface area contributed by atoms with Crippen molar-refractivity contribution in [2.45, 2.75) is 19.5 Å². The summed E-state index contributed by atoms with van der Waals surface area (Å²) < 4.78 is 1.07. The van der Waals surface area contributed by atoms with Gasteiger partial charge in [0.2, 0.25) is 0 Å². The second-order valence-electron chi connectivity index (χ2n) is 3.76. The van der Waals surface area contributed by atoms with E-state index in [1.807, 2.05) is 0 Å². The van der Waals surface area contributed by atoms with Gasteiger partial charge in [-0.1, -0.05) is 5.21 Å². The molecule has 0 saturated heterocycles. The summed E-state index contributed by atoms with van der Waals surface area (Å²) in [7, 11) is 0.